The van der Waals surface area contributed by atoms with E-state index in [1.165, 1.54) is 6.42 Å². The van der Waals surface area contributed by atoms with Gasteiger partial charge in [-0.2, -0.15) is 0 Å². The van der Waals surface area contributed by atoms with Crippen LogP contribution in [0, 0.1) is 5.92 Å². The Morgan fingerprint density at radius 1 is 1.47 bits per heavy atom. The highest BCUT2D eigenvalue weighted by Gasteiger charge is 2.37. The number of hydrogen-bond acceptors (Lipinski definition) is 2. The third-order valence-corrected chi connectivity index (χ3v) is 6.31. The van der Waals surface area contributed by atoms with E-state index in [9.17, 15) is 4.79 Å². The maximum Gasteiger partial charge on any atom is 0.235 e. The van der Waals surface area contributed by atoms with Crippen molar-refractivity contribution in [2.75, 3.05) is 12.3 Å². The molecule has 1 aliphatic heterocycles. The van der Waals surface area contributed by atoms with Crippen LogP contribution >= 0.6 is 27.7 Å². The van der Waals surface area contributed by atoms with E-state index in [1.54, 1.807) is 11.8 Å². The molecule has 0 aliphatic carbocycles. The minimum absolute atomic E-state index is 0.180. The molecule has 2 nitrogen and oxygen atoms in total. The fourth-order valence-electron chi connectivity index (χ4n) is 2.30. The summed E-state index contributed by atoms with van der Waals surface area (Å²) in [7, 11) is 0. The van der Waals surface area contributed by atoms with Crippen LogP contribution in [0.2, 0.25) is 0 Å². The van der Waals surface area contributed by atoms with Gasteiger partial charge in [-0.3, -0.25) is 4.79 Å². The van der Waals surface area contributed by atoms with E-state index in [4.69, 9.17) is 0 Å². The molecule has 0 aromatic carbocycles. The standard InChI is InChI=1S/C13H24BrNOS/c1-4-10(5-2)11(14)9-15-12(16)13(3)7-6-8-17-13/h10-11H,4-9H2,1-3H3,(H,15,16). The van der Waals surface area contributed by atoms with Crippen LogP contribution in [0.4, 0.5) is 0 Å². The Balaban J connectivity index is 2.37. The second-order valence-electron chi connectivity index (χ2n) is 4.99. The van der Waals surface area contributed by atoms with Gasteiger partial charge >= 0.3 is 0 Å². The quantitative estimate of drug-likeness (QED) is 0.757. The van der Waals surface area contributed by atoms with E-state index in [1.807, 2.05) is 0 Å². The number of halogens is 1. The molecule has 1 heterocycles. The van der Waals surface area contributed by atoms with E-state index >= 15 is 0 Å². The van der Waals surface area contributed by atoms with Crippen molar-refractivity contribution < 1.29 is 4.79 Å². The largest absolute Gasteiger partial charge is 0.354 e. The molecule has 2 unspecified atom stereocenters. The first-order valence-electron chi connectivity index (χ1n) is 6.59. The SMILES string of the molecule is CCC(CC)C(Br)CNC(=O)C1(C)CCCS1. The topological polar surface area (TPSA) is 29.1 Å². The molecule has 0 radical (unpaired) electrons. The monoisotopic (exact) mass is 321 g/mol. The lowest BCUT2D eigenvalue weighted by atomic mass is 9.99. The molecule has 1 saturated heterocycles. The lowest BCUT2D eigenvalue weighted by molar-refractivity contribution is -0.123. The number of nitrogens with one attached hydrogen (secondary N) is 1. The van der Waals surface area contributed by atoms with Crippen LogP contribution in [0.15, 0.2) is 0 Å². The summed E-state index contributed by atoms with van der Waals surface area (Å²) in [5, 5.41) is 3.11. The van der Waals surface area contributed by atoms with Crippen LogP contribution in [-0.2, 0) is 4.79 Å². The fraction of sp³-hybridized carbons (Fsp3) is 0.923. The van der Waals surface area contributed by atoms with Gasteiger partial charge < -0.3 is 5.32 Å². The van der Waals surface area contributed by atoms with Crippen molar-refractivity contribution in [2.24, 2.45) is 5.92 Å². The summed E-state index contributed by atoms with van der Waals surface area (Å²) >= 11 is 5.49. The minimum Gasteiger partial charge on any atom is -0.354 e. The summed E-state index contributed by atoms with van der Waals surface area (Å²) in [5.41, 5.74) is 0. The zero-order valence-corrected chi connectivity index (χ0v) is 13.5. The molecule has 4 heteroatoms. The van der Waals surface area contributed by atoms with E-state index in [0.29, 0.717) is 10.7 Å². The number of thioether (sulfide) groups is 1. The van der Waals surface area contributed by atoms with Crippen molar-refractivity contribution in [2.45, 2.75) is 56.0 Å². The van der Waals surface area contributed by atoms with Crippen LogP contribution < -0.4 is 5.32 Å². The minimum atomic E-state index is -0.180. The Morgan fingerprint density at radius 3 is 2.59 bits per heavy atom. The van der Waals surface area contributed by atoms with Crippen molar-refractivity contribution in [1.29, 1.82) is 0 Å². The third-order valence-electron chi connectivity index (χ3n) is 3.72. The van der Waals surface area contributed by atoms with Crippen LogP contribution in [0.25, 0.3) is 0 Å². The first-order valence-corrected chi connectivity index (χ1v) is 8.50. The summed E-state index contributed by atoms with van der Waals surface area (Å²) in [6.07, 6.45) is 4.50. The highest BCUT2D eigenvalue weighted by atomic mass is 79.9. The Kier molecular flexibility index (Phi) is 6.35. The molecule has 1 fully saturated rings. The molecule has 1 N–H and O–H groups in total. The number of carbonyl (C=O) groups is 1. The number of carbonyl (C=O) groups excluding carboxylic acids is 1. The molecular formula is C13H24BrNOS. The van der Waals surface area contributed by atoms with Gasteiger partial charge in [-0.05, 0) is 31.4 Å². The van der Waals surface area contributed by atoms with Crippen molar-refractivity contribution in [3.8, 4) is 0 Å². The maximum atomic E-state index is 12.1. The number of amides is 1. The third kappa shape index (κ3) is 4.16. The second-order valence-corrected chi connectivity index (χ2v) is 7.76. The average Bonchev–Trinajstić information content (AvgIpc) is 2.76. The van der Waals surface area contributed by atoms with Gasteiger partial charge in [-0.25, -0.2) is 0 Å². The van der Waals surface area contributed by atoms with Gasteiger partial charge in [0.25, 0.3) is 0 Å². The maximum absolute atomic E-state index is 12.1. The van der Waals surface area contributed by atoms with E-state index in [0.717, 1.165) is 31.6 Å². The molecule has 2 atom stereocenters. The van der Waals surface area contributed by atoms with Gasteiger partial charge in [0.15, 0.2) is 0 Å². The number of hydrogen-bond donors (Lipinski definition) is 1. The second kappa shape index (κ2) is 7.03. The zero-order chi connectivity index (χ0) is 12.9. The molecule has 0 bridgehead atoms. The van der Waals surface area contributed by atoms with Crippen LogP contribution in [0.5, 0.6) is 0 Å². The molecule has 1 rings (SSSR count). The van der Waals surface area contributed by atoms with E-state index < -0.39 is 0 Å². The molecule has 1 amide bonds. The van der Waals surface area contributed by atoms with Crippen LogP contribution in [-0.4, -0.2) is 27.8 Å². The van der Waals surface area contributed by atoms with Gasteiger partial charge in [-0.15, -0.1) is 11.8 Å². The highest BCUT2D eigenvalue weighted by Crippen LogP contribution is 2.37. The van der Waals surface area contributed by atoms with Crippen molar-refractivity contribution in [3.63, 3.8) is 0 Å². The summed E-state index contributed by atoms with van der Waals surface area (Å²) in [5.74, 6) is 1.99. The first kappa shape index (κ1) is 15.4. The summed E-state index contributed by atoms with van der Waals surface area (Å²) < 4.78 is -0.180. The van der Waals surface area contributed by atoms with Crippen LogP contribution in [0.1, 0.15) is 46.5 Å². The number of rotatable bonds is 6. The summed E-state index contributed by atoms with van der Waals surface area (Å²) in [6, 6.07) is 0. The molecule has 0 spiro atoms. The Hall–Kier alpha value is 0.300. The molecular weight excluding hydrogens is 298 g/mol. The van der Waals surface area contributed by atoms with Gasteiger partial charge in [0, 0.05) is 11.4 Å². The normalized spacial score (nSPS) is 26.2. The van der Waals surface area contributed by atoms with Gasteiger partial charge in [0.1, 0.15) is 0 Å². The molecule has 100 valence electrons. The van der Waals surface area contributed by atoms with Crippen molar-refractivity contribution >= 4 is 33.6 Å². The van der Waals surface area contributed by atoms with Crippen molar-refractivity contribution in [1.82, 2.24) is 5.32 Å². The highest BCUT2D eigenvalue weighted by molar-refractivity contribution is 9.09. The van der Waals surface area contributed by atoms with Gasteiger partial charge in [-0.1, -0.05) is 42.6 Å². The Bertz CT molecular complexity index is 250. The average molecular weight is 322 g/mol. The molecule has 17 heavy (non-hydrogen) atoms. The van der Waals surface area contributed by atoms with E-state index in [2.05, 4.69) is 42.0 Å². The van der Waals surface area contributed by atoms with Crippen molar-refractivity contribution in [3.05, 3.63) is 0 Å². The smallest absolute Gasteiger partial charge is 0.235 e. The lowest BCUT2D eigenvalue weighted by Gasteiger charge is -2.25. The zero-order valence-electron chi connectivity index (χ0n) is 11.1. The molecule has 0 aromatic heterocycles. The molecule has 1 aliphatic rings. The Morgan fingerprint density at radius 2 is 2.12 bits per heavy atom. The van der Waals surface area contributed by atoms with Gasteiger partial charge in [0.05, 0.1) is 4.75 Å². The summed E-state index contributed by atoms with van der Waals surface area (Å²) in [4.78, 5) is 12.5. The van der Waals surface area contributed by atoms with E-state index in [-0.39, 0.29) is 10.7 Å². The number of alkyl halides is 1. The van der Waals surface area contributed by atoms with Crippen LogP contribution in [0.3, 0.4) is 0 Å². The lowest BCUT2D eigenvalue weighted by Crippen LogP contribution is -2.43. The first-order chi connectivity index (χ1) is 8.03. The Labute approximate surface area is 118 Å². The van der Waals surface area contributed by atoms with Gasteiger partial charge in [0.2, 0.25) is 5.91 Å². The molecule has 0 saturated carbocycles. The predicted octanol–water partition coefficient (Wildman–Crippen LogP) is 3.59. The summed E-state index contributed by atoms with van der Waals surface area (Å²) in [6.45, 7) is 7.23. The molecule has 0 aromatic rings. The predicted molar refractivity (Wildman–Crippen MR) is 79.9 cm³/mol. The fourth-order valence-corrected chi connectivity index (χ4v) is 4.44.